The van der Waals surface area contributed by atoms with Gasteiger partial charge in [0.2, 0.25) is 11.8 Å². The monoisotopic (exact) mass is 610 g/mol. The number of carbonyl (C=O) groups is 2. The van der Waals surface area contributed by atoms with E-state index in [1.807, 2.05) is 95.6 Å². The molecule has 0 bridgehead atoms. The van der Waals surface area contributed by atoms with E-state index < -0.39 is 6.04 Å². The first-order chi connectivity index (χ1) is 19.6. The van der Waals surface area contributed by atoms with Gasteiger partial charge in [-0.05, 0) is 48.0 Å². The molecule has 10 heteroatoms. The normalized spacial score (nSPS) is 14.8. The van der Waals surface area contributed by atoms with Crippen LogP contribution in [0.25, 0.3) is 17.1 Å². The fraction of sp³-hybridized carbons (Fsp3) is 0.100. The summed E-state index contributed by atoms with van der Waals surface area (Å²) in [5.74, 6) is 0.265. The van der Waals surface area contributed by atoms with Gasteiger partial charge in [0.15, 0.2) is 11.0 Å². The van der Waals surface area contributed by atoms with E-state index in [-0.39, 0.29) is 24.1 Å². The van der Waals surface area contributed by atoms with Crippen LogP contribution in [-0.2, 0) is 9.59 Å². The smallest absolute Gasteiger partial charge is 0.244 e. The molecule has 1 N–H and O–H groups in total. The Morgan fingerprint density at radius 3 is 2.50 bits per heavy atom. The number of benzene rings is 3. The quantitative estimate of drug-likeness (QED) is 0.246. The Morgan fingerprint density at radius 1 is 0.975 bits per heavy atom. The Balaban J connectivity index is 1.35. The summed E-state index contributed by atoms with van der Waals surface area (Å²) in [5.41, 5.74) is 4.14. The number of thioether (sulfide) groups is 1. The van der Waals surface area contributed by atoms with Crippen molar-refractivity contribution in [2.45, 2.75) is 11.2 Å². The lowest BCUT2D eigenvalue weighted by molar-refractivity contribution is -0.133. The molecule has 1 aliphatic rings. The van der Waals surface area contributed by atoms with Crippen molar-refractivity contribution in [2.24, 2.45) is 0 Å². The van der Waals surface area contributed by atoms with Gasteiger partial charge in [0.05, 0.1) is 11.8 Å². The number of nitrogens with zero attached hydrogens (tertiary/aromatic N) is 5. The minimum atomic E-state index is -0.446. The molecule has 1 unspecified atom stereocenters. The van der Waals surface area contributed by atoms with Crippen molar-refractivity contribution in [3.63, 3.8) is 0 Å². The molecule has 198 valence electrons. The second kappa shape index (κ2) is 11.4. The molecule has 0 fully saturated rings. The van der Waals surface area contributed by atoms with Crippen LogP contribution in [0.3, 0.4) is 0 Å². The summed E-state index contributed by atoms with van der Waals surface area (Å²) in [5, 5.41) is 12.4. The molecule has 0 spiro atoms. The van der Waals surface area contributed by atoms with Gasteiger partial charge in [0, 0.05) is 39.4 Å². The first kappa shape index (κ1) is 26.0. The first-order valence-electron chi connectivity index (χ1n) is 12.6. The van der Waals surface area contributed by atoms with Gasteiger partial charge in [0.25, 0.3) is 0 Å². The molecular formula is C30H23BrN6O2S. The SMILES string of the molecule is O=C1CN(C(=O)CSc2nnc(-c3cccnc3)n2-c2ccccc2)C(c2ccccc2)c2cc(Br)ccc2N1. The Morgan fingerprint density at radius 2 is 1.75 bits per heavy atom. The maximum Gasteiger partial charge on any atom is 0.244 e. The molecule has 5 aromatic rings. The third-order valence-corrected chi connectivity index (χ3v) is 7.94. The number of aromatic nitrogens is 4. The summed E-state index contributed by atoms with van der Waals surface area (Å²) in [6, 6.07) is 28.5. The number of anilines is 1. The highest BCUT2D eigenvalue weighted by molar-refractivity contribution is 9.10. The molecule has 2 aromatic heterocycles. The van der Waals surface area contributed by atoms with E-state index in [1.165, 1.54) is 11.8 Å². The van der Waals surface area contributed by atoms with Crippen molar-refractivity contribution >= 4 is 45.2 Å². The lowest BCUT2D eigenvalue weighted by Crippen LogP contribution is -2.40. The number of amides is 2. The topological polar surface area (TPSA) is 93.0 Å². The molecule has 1 aliphatic heterocycles. The van der Waals surface area contributed by atoms with Crippen molar-refractivity contribution in [1.82, 2.24) is 24.6 Å². The zero-order chi connectivity index (χ0) is 27.5. The number of para-hydroxylation sites is 1. The second-order valence-corrected chi connectivity index (χ2v) is 11.0. The minimum Gasteiger partial charge on any atom is -0.324 e. The molecule has 0 aliphatic carbocycles. The van der Waals surface area contributed by atoms with Gasteiger partial charge < -0.3 is 10.2 Å². The average molecular weight is 612 g/mol. The van der Waals surface area contributed by atoms with E-state index in [1.54, 1.807) is 17.3 Å². The minimum absolute atomic E-state index is 0.0674. The summed E-state index contributed by atoms with van der Waals surface area (Å²) in [4.78, 5) is 32.7. The summed E-state index contributed by atoms with van der Waals surface area (Å²) in [6.07, 6.45) is 3.44. The first-order valence-corrected chi connectivity index (χ1v) is 14.3. The van der Waals surface area contributed by atoms with Crippen molar-refractivity contribution < 1.29 is 9.59 Å². The Hall–Kier alpha value is -4.28. The van der Waals surface area contributed by atoms with Crippen LogP contribution in [0.4, 0.5) is 5.69 Å². The molecule has 0 radical (unpaired) electrons. The van der Waals surface area contributed by atoms with Crippen LogP contribution in [0.2, 0.25) is 0 Å². The molecule has 3 heterocycles. The van der Waals surface area contributed by atoms with Crippen LogP contribution in [0.1, 0.15) is 17.2 Å². The lowest BCUT2D eigenvalue weighted by Gasteiger charge is -2.30. The van der Waals surface area contributed by atoms with Crippen LogP contribution in [0.15, 0.2) is 113 Å². The molecule has 0 saturated heterocycles. The third-order valence-electron chi connectivity index (χ3n) is 6.54. The highest BCUT2D eigenvalue weighted by Crippen LogP contribution is 2.38. The number of rotatable bonds is 6. The number of halogens is 1. The molecule has 40 heavy (non-hydrogen) atoms. The number of hydrogen-bond donors (Lipinski definition) is 1. The number of hydrogen-bond acceptors (Lipinski definition) is 6. The zero-order valence-corrected chi connectivity index (χ0v) is 23.5. The summed E-state index contributed by atoms with van der Waals surface area (Å²) in [6.45, 7) is -0.0719. The van der Waals surface area contributed by atoms with Crippen molar-refractivity contribution in [3.05, 3.63) is 119 Å². The number of pyridine rings is 1. The summed E-state index contributed by atoms with van der Waals surface area (Å²) < 4.78 is 2.79. The predicted molar refractivity (Wildman–Crippen MR) is 158 cm³/mol. The van der Waals surface area contributed by atoms with Crippen LogP contribution >= 0.6 is 27.7 Å². The third kappa shape index (κ3) is 5.28. The van der Waals surface area contributed by atoms with Crippen molar-refractivity contribution in [1.29, 1.82) is 0 Å². The van der Waals surface area contributed by atoms with E-state index >= 15 is 0 Å². The van der Waals surface area contributed by atoms with Gasteiger partial charge in [-0.15, -0.1) is 10.2 Å². The molecule has 3 aromatic carbocycles. The van der Waals surface area contributed by atoms with Crippen LogP contribution in [0, 0.1) is 0 Å². The van der Waals surface area contributed by atoms with Gasteiger partial charge in [-0.25, -0.2) is 0 Å². The van der Waals surface area contributed by atoms with E-state index in [0.29, 0.717) is 16.7 Å². The fourth-order valence-corrected chi connectivity index (χ4v) is 5.99. The zero-order valence-electron chi connectivity index (χ0n) is 21.1. The Kier molecular flexibility index (Phi) is 7.43. The van der Waals surface area contributed by atoms with Gasteiger partial charge in [-0.2, -0.15) is 0 Å². The Bertz CT molecular complexity index is 1660. The fourth-order valence-electron chi connectivity index (χ4n) is 4.77. The van der Waals surface area contributed by atoms with Crippen LogP contribution in [-0.4, -0.2) is 48.8 Å². The van der Waals surface area contributed by atoms with Gasteiger partial charge in [-0.3, -0.25) is 19.1 Å². The van der Waals surface area contributed by atoms with Crippen molar-refractivity contribution in [3.8, 4) is 17.1 Å². The van der Waals surface area contributed by atoms with Gasteiger partial charge >= 0.3 is 0 Å². The average Bonchev–Trinajstić information content (AvgIpc) is 3.36. The number of nitrogens with one attached hydrogen (secondary N) is 1. The van der Waals surface area contributed by atoms with Gasteiger partial charge in [-0.1, -0.05) is 76.2 Å². The molecule has 8 nitrogen and oxygen atoms in total. The van der Waals surface area contributed by atoms with E-state index in [9.17, 15) is 9.59 Å². The van der Waals surface area contributed by atoms with Crippen LogP contribution in [0.5, 0.6) is 0 Å². The van der Waals surface area contributed by atoms with Crippen LogP contribution < -0.4 is 5.32 Å². The summed E-state index contributed by atoms with van der Waals surface area (Å²) >= 11 is 4.84. The Labute approximate surface area is 243 Å². The number of fused-ring (bicyclic) bond motifs is 1. The standard InChI is InChI=1S/C30H23BrN6O2S/c31-22-13-14-25-24(16-22)28(20-8-3-1-4-9-20)36(18-26(38)33-25)27(39)19-40-30-35-34-29(21-10-7-15-32-17-21)37(30)23-11-5-2-6-12-23/h1-17,28H,18-19H2,(H,33,38). The predicted octanol–water partition coefficient (Wildman–Crippen LogP) is 5.75. The molecular weight excluding hydrogens is 588 g/mol. The second-order valence-electron chi connectivity index (χ2n) is 9.12. The van der Waals surface area contributed by atoms with E-state index in [0.717, 1.165) is 26.9 Å². The van der Waals surface area contributed by atoms with E-state index in [4.69, 9.17) is 0 Å². The van der Waals surface area contributed by atoms with Crippen molar-refractivity contribution in [2.75, 3.05) is 17.6 Å². The molecule has 6 rings (SSSR count). The molecule has 1 atom stereocenters. The largest absolute Gasteiger partial charge is 0.324 e. The van der Waals surface area contributed by atoms with E-state index in [2.05, 4.69) is 36.4 Å². The highest BCUT2D eigenvalue weighted by Gasteiger charge is 2.33. The maximum atomic E-state index is 13.9. The lowest BCUT2D eigenvalue weighted by atomic mass is 9.96. The molecule has 2 amide bonds. The molecule has 0 saturated carbocycles. The number of carbonyl (C=O) groups excluding carboxylic acids is 2. The highest BCUT2D eigenvalue weighted by atomic mass is 79.9. The summed E-state index contributed by atoms with van der Waals surface area (Å²) in [7, 11) is 0. The van der Waals surface area contributed by atoms with Gasteiger partial charge in [0.1, 0.15) is 6.54 Å². The maximum absolute atomic E-state index is 13.9.